The van der Waals surface area contributed by atoms with Crippen LogP contribution in [0.15, 0.2) is 30.8 Å². The number of esters is 1. The highest BCUT2D eigenvalue weighted by Gasteiger charge is 2.31. The number of benzene rings is 1. The molecule has 0 unspecified atom stereocenters. The van der Waals surface area contributed by atoms with E-state index in [9.17, 15) is 4.79 Å². The van der Waals surface area contributed by atoms with Crippen molar-refractivity contribution in [2.75, 3.05) is 20.2 Å². The highest BCUT2D eigenvalue weighted by Crippen LogP contribution is 2.25. The van der Waals surface area contributed by atoms with Gasteiger partial charge in [-0.3, -0.25) is 4.79 Å². The van der Waals surface area contributed by atoms with Gasteiger partial charge in [0.1, 0.15) is 0 Å². The molecule has 1 fully saturated rings. The molecule has 2 atom stereocenters. The van der Waals surface area contributed by atoms with Gasteiger partial charge in [0.15, 0.2) is 0 Å². The van der Waals surface area contributed by atoms with Gasteiger partial charge in [-0.1, -0.05) is 36.9 Å². The summed E-state index contributed by atoms with van der Waals surface area (Å²) in [5, 5.41) is 3.32. The van der Waals surface area contributed by atoms with E-state index in [0.717, 1.165) is 31.5 Å². The topological polar surface area (TPSA) is 38.3 Å². The number of rotatable bonds is 5. The van der Waals surface area contributed by atoms with Crippen LogP contribution in [0.2, 0.25) is 0 Å². The number of carbonyl (C=O) groups is 1. The Hall–Kier alpha value is -1.61. The van der Waals surface area contributed by atoms with Gasteiger partial charge >= 0.3 is 5.97 Å². The van der Waals surface area contributed by atoms with Gasteiger partial charge < -0.3 is 10.1 Å². The highest BCUT2D eigenvalue weighted by molar-refractivity contribution is 5.73. The Bertz CT molecular complexity index is 450. The molecule has 0 saturated carbocycles. The van der Waals surface area contributed by atoms with E-state index in [2.05, 4.69) is 24.0 Å². The van der Waals surface area contributed by atoms with Gasteiger partial charge in [0.25, 0.3) is 0 Å². The number of hydrogen-bond donors (Lipinski definition) is 1. The minimum atomic E-state index is -0.0993. The van der Waals surface area contributed by atoms with E-state index >= 15 is 0 Å². The second-order valence-corrected chi connectivity index (χ2v) is 5.04. The summed E-state index contributed by atoms with van der Waals surface area (Å²) in [6, 6.07) is 8.17. The Morgan fingerprint density at radius 3 is 3.11 bits per heavy atom. The number of carbonyl (C=O) groups excluding carboxylic acids is 1. The standard InChI is InChI=1S/C16H21NO2/c1-3-12-5-4-6-13(9-12)10-15(16(18)19-2)14-7-8-17-11-14/h3-6,9,14-15,17H,1,7-8,10-11H2,2H3/t14-,15-/m0/s1. The largest absolute Gasteiger partial charge is 0.469 e. The minimum Gasteiger partial charge on any atom is -0.469 e. The van der Waals surface area contributed by atoms with Crippen molar-refractivity contribution in [1.29, 1.82) is 0 Å². The Morgan fingerprint density at radius 2 is 2.47 bits per heavy atom. The van der Waals surface area contributed by atoms with Crippen LogP contribution < -0.4 is 5.32 Å². The van der Waals surface area contributed by atoms with Crippen LogP contribution in [-0.2, 0) is 16.0 Å². The van der Waals surface area contributed by atoms with Gasteiger partial charge in [0.2, 0.25) is 0 Å². The first-order valence-electron chi connectivity index (χ1n) is 6.74. The maximum atomic E-state index is 12.0. The van der Waals surface area contributed by atoms with Crippen molar-refractivity contribution in [3.05, 3.63) is 42.0 Å². The molecule has 1 aliphatic rings. The fourth-order valence-corrected chi connectivity index (χ4v) is 2.72. The molecule has 1 saturated heterocycles. The normalized spacial score (nSPS) is 19.9. The van der Waals surface area contributed by atoms with Gasteiger partial charge in [0.05, 0.1) is 13.0 Å². The minimum absolute atomic E-state index is 0.0555. The molecular formula is C16H21NO2. The van der Waals surface area contributed by atoms with Crippen molar-refractivity contribution in [2.24, 2.45) is 11.8 Å². The molecule has 3 nitrogen and oxygen atoms in total. The zero-order chi connectivity index (χ0) is 13.7. The number of methoxy groups -OCH3 is 1. The lowest BCUT2D eigenvalue weighted by Gasteiger charge is -2.20. The van der Waals surface area contributed by atoms with Crippen molar-refractivity contribution < 1.29 is 9.53 Å². The van der Waals surface area contributed by atoms with Gasteiger partial charge in [-0.2, -0.15) is 0 Å². The monoisotopic (exact) mass is 259 g/mol. The van der Waals surface area contributed by atoms with Crippen LogP contribution in [0.4, 0.5) is 0 Å². The van der Waals surface area contributed by atoms with E-state index in [1.54, 1.807) is 0 Å². The molecule has 1 aromatic carbocycles. The molecule has 3 heteroatoms. The molecule has 0 aromatic heterocycles. The van der Waals surface area contributed by atoms with E-state index in [0.29, 0.717) is 5.92 Å². The summed E-state index contributed by atoms with van der Waals surface area (Å²) < 4.78 is 4.97. The zero-order valence-electron chi connectivity index (χ0n) is 11.4. The van der Waals surface area contributed by atoms with Crippen LogP contribution in [0.3, 0.4) is 0 Å². The first-order valence-corrected chi connectivity index (χ1v) is 6.74. The summed E-state index contributed by atoms with van der Waals surface area (Å²) in [5.74, 6) is 0.220. The average molecular weight is 259 g/mol. The average Bonchev–Trinajstić information content (AvgIpc) is 2.98. The van der Waals surface area contributed by atoms with Crippen molar-refractivity contribution in [3.63, 3.8) is 0 Å². The second kappa shape index (κ2) is 6.53. The lowest BCUT2D eigenvalue weighted by molar-refractivity contribution is -0.147. The van der Waals surface area contributed by atoms with Crippen LogP contribution in [-0.4, -0.2) is 26.2 Å². The van der Waals surface area contributed by atoms with Gasteiger partial charge in [-0.15, -0.1) is 0 Å². The molecule has 0 amide bonds. The Kier molecular flexibility index (Phi) is 4.74. The third-order valence-electron chi connectivity index (χ3n) is 3.81. The quantitative estimate of drug-likeness (QED) is 0.824. The molecule has 19 heavy (non-hydrogen) atoms. The third-order valence-corrected chi connectivity index (χ3v) is 3.81. The summed E-state index contributed by atoms with van der Waals surface area (Å²) in [6.07, 6.45) is 3.61. The van der Waals surface area contributed by atoms with Gasteiger partial charge in [-0.25, -0.2) is 0 Å². The first-order chi connectivity index (χ1) is 9.24. The maximum absolute atomic E-state index is 12.0. The zero-order valence-corrected chi connectivity index (χ0v) is 11.4. The number of ether oxygens (including phenoxy) is 1. The highest BCUT2D eigenvalue weighted by atomic mass is 16.5. The molecule has 0 spiro atoms. The van der Waals surface area contributed by atoms with Crippen molar-refractivity contribution in [1.82, 2.24) is 5.32 Å². The first kappa shape index (κ1) is 13.8. The smallest absolute Gasteiger partial charge is 0.309 e. The molecule has 0 aliphatic carbocycles. The lowest BCUT2D eigenvalue weighted by atomic mass is 9.86. The second-order valence-electron chi connectivity index (χ2n) is 5.04. The number of hydrogen-bond acceptors (Lipinski definition) is 3. The van der Waals surface area contributed by atoms with Crippen LogP contribution in [0.5, 0.6) is 0 Å². The summed E-state index contributed by atoms with van der Waals surface area (Å²) in [4.78, 5) is 12.0. The molecule has 1 heterocycles. The Balaban J connectivity index is 2.14. The third kappa shape index (κ3) is 3.44. The van der Waals surface area contributed by atoms with Gasteiger partial charge in [-0.05, 0) is 43.0 Å². The van der Waals surface area contributed by atoms with Crippen LogP contribution >= 0.6 is 0 Å². The molecule has 2 rings (SSSR count). The van der Waals surface area contributed by atoms with Crippen LogP contribution in [0.1, 0.15) is 17.5 Å². The summed E-state index contributed by atoms with van der Waals surface area (Å²) >= 11 is 0. The predicted octanol–water partition coefficient (Wildman–Crippen LogP) is 2.27. The van der Waals surface area contributed by atoms with Crippen molar-refractivity contribution in [2.45, 2.75) is 12.8 Å². The van der Waals surface area contributed by atoms with Gasteiger partial charge in [0, 0.05) is 0 Å². The summed E-state index contributed by atoms with van der Waals surface area (Å²) in [7, 11) is 1.47. The summed E-state index contributed by atoms with van der Waals surface area (Å²) in [6.45, 7) is 5.67. The molecule has 0 radical (unpaired) electrons. The number of nitrogens with one attached hydrogen (secondary N) is 1. The summed E-state index contributed by atoms with van der Waals surface area (Å²) in [5.41, 5.74) is 2.25. The SMILES string of the molecule is C=Cc1cccc(C[C@H](C(=O)OC)[C@H]2CCNC2)c1. The Morgan fingerprint density at radius 1 is 1.63 bits per heavy atom. The van der Waals surface area contributed by atoms with E-state index in [4.69, 9.17) is 4.74 Å². The van der Waals surface area contributed by atoms with E-state index in [1.165, 1.54) is 12.7 Å². The maximum Gasteiger partial charge on any atom is 0.309 e. The molecule has 1 aliphatic heterocycles. The lowest BCUT2D eigenvalue weighted by Crippen LogP contribution is -2.28. The van der Waals surface area contributed by atoms with Crippen LogP contribution in [0, 0.1) is 11.8 Å². The predicted molar refractivity (Wildman–Crippen MR) is 76.7 cm³/mol. The molecule has 0 bridgehead atoms. The van der Waals surface area contributed by atoms with Crippen molar-refractivity contribution in [3.8, 4) is 0 Å². The van der Waals surface area contributed by atoms with E-state index in [1.807, 2.05) is 18.2 Å². The molecule has 1 aromatic rings. The molecule has 1 N–H and O–H groups in total. The fourth-order valence-electron chi connectivity index (χ4n) is 2.72. The molecule has 102 valence electrons. The van der Waals surface area contributed by atoms with Crippen molar-refractivity contribution >= 4 is 12.0 Å². The molecular weight excluding hydrogens is 238 g/mol. The Labute approximate surface area is 114 Å². The van der Waals surface area contributed by atoms with Crippen LogP contribution in [0.25, 0.3) is 6.08 Å². The fraction of sp³-hybridized carbons (Fsp3) is 0.438. The van der Waals surface area contributed by atoms with E-state index < -0.39 is 0 Å². The van der Waals surface area contributed by atoms with E-state index in [-0.39, 0.29) is 11.9 Å².